The van der Waals surface area contributed by atoms with Crippen molar-refractivity contribution in [1.29, 1.82) is 0 Å². The van der Waals surface area contributed by atoms with Gasteiger partial charge >= 0.3 is 0 Å². The number of carbonyl (C=O) groups excluding carboxylic acids is 2. The van der Waals surface area contributed by atoms with Crippen molar-refractivity contribution in [3.63, 3.8) is 0 Å². The largest absolute Gasteiger partial charge is 0.351 e. The average molecular weight is 450 g/mol. The first-order chi connectivity index (χ1) is 14.7. The number of carbonyl (C=O) groups is 2. The third kappa shape index (κ3) is 5.12. The molecule has 1 N–H and O–H groups in total. The molecule has 172 valence electrons. The molecule has 2 amide bonds. The standard InChI is InChI=1S/C23H35N3O4S/c1-4-15-31(29,30)25-16-21(27)26(20-13-11-18(5-2)12-14-20)23(3,17-25)22(28)24-19-9-7-6-8-10-19/h11-14,19H,4-10,15-17H2,1-3H3,(H,24,28)/t23-/m1/s1. The summed E-state index contributed by atoms with van der Waals surface area (Å²) in [6, 6.07) is 7.66. The van der Waals surface area contributed by atoms with Crippen molar-refractivity contribution >= 4 is 27.5 Å². The fourth-order valence-corrected chi connectivity index (χ4v) is 6.15. The third-order valence-corrected chi connectivity index (χ3v) is 8.40. The molecular formula is C23H35N3O4S. The van der Waals surface area contributed by atoms with Crippen LogP contribution in [0.2, 0.25) is 0 Å². The maximum absolute atomic E-state index is 13.5. The van der Waals surface area contributed by atoms with Gasteiger partial charge in [0.25, 0.3) is 0 Å². The molecule has 1 saturated heterocycles. The Kier molecular flexibility index (Phi) is 7.42. The molecule has 1 atom stereocenters. The Bertz CT molecular complexity index is 894. The minimum atomic E-state index is -3.61. The highest BCUT2D eigenvalue weighted by Crippen LogP contribution is 2.32. The Morgan fingerprint density at radius 1 is 1.13 bits per heavy atom. The second-order valence-electron chi connectivity index (χ2n) is 8.92. The van der Waals surface area contributed by atoms with Gasteiger partial charge < -0.3 is 5.32 Å². The maximum atomic E-state index is 13.5. The monoisotopic (exact) mass is 449 g/mol. The lowest BCUT2D eigenvalue weighted by Crippen LogP contribution is -2.71. The van der Waals surface area contributed by atoms with Gasteiger partial charge in [-0.25, -0.2) is 8.42 Å². The van der Waals surface area contributed by atoms with Crippen LogP contribution in [0, 0.1) is 0 Å². The lowest BCUT2D eigenvalue weighted by Gasteiger charge is -2.47. The molecule has 0 unspecified atom stereocenters. The van der Waals surface area contributed by atoms with E-state index in [1.54, 1.807) is 13.8 Å². The Morgan fingerprint density at radius 3 is 2.35 bits per heavy atom. The predicted octanol–water partition coefficient (Wildman–Crippen LogP) is 2.85. The number of benzene rings is 1. The van der Waals surface area contributed by atoms with Gasteiger partial charge in [0.2, 0.25) is 21.8 Å². The summed E-state index contributed by atoms with van der Waals surface area (Å²) >= 11 is 0. The summed E-state index contributed by atoms with van der Waals surface area (Å²) in [6.45, 7) is 5.24. The van der Waals surface area contributed by atoms with Gasteiger partial charge in [0, 0.05) is 18.3 Å². The summed E-state index contributed by atoms with van der Waals surface area (Å²) in [4.78, 5) is 28.3. The molecule has 1 aromatic rings. The summed E-state index contributed by atoms with van der Waals surface area (Å²) in [5.74, 6) is -0.702. The Balaban J connectivity index is 1.96. The number of hydrogen-bond acceptors (Lipinski definition) is 4. The molecule has 7 nitrogen and oxygen atoms in total. The molecule has 1 heterocycles. The fraction of sp³-hybridized carbons (Fsp3) is 0.652. The zero-order chi connectivity index (χ0) is 22.6. The first kappa shape index (κ1) is 23.7. The normalized spacial score (nSPS) is 23.7. The number of aryl methyl sites for hydroxylation is 1. The van der Waals surface area contributed by atoms with E-state index in [1.165, 1.54) is 15.6 Å². The van der Waals surface area contributed by atoms with Crippen molar-refractivity contribution in [2.75, 3.05) is 23.7 Å². The molecule has 0 bridgehead atoms. The summed E-state index contributed by atoms with van der Waals surface area (Å²) in [5, 5.41) is 3.12. The van der Waals surface area contributed by atoms with Gasteiger partial charge in [0.05, 0.1) is 12.3 Å². The van der Waals surface area contributed by atoms with E-state index in [1.807, 2.05) is 24.3 Å². The molecule has 8 heteroatoms. The van der Waals surface area contributed by atoms with E-state index in [9.17, 15) is 18.0 Å². The summed E-state index contributed by atoms with van der Waals surface area (Å²) in [5.41, 5.74) is 0.436. The van der Waals surface area contributed by atoms with Crippen LogP contribution in [0.3, 0.4) is 0 Å². The molecule has 0 aromatic heterocycles. The number of nitrogens with one attached hydrogen (secondary N) is 1. The van der Waals surface area contributed by atoms with Crippen LogP contribution in [-0.4, -0.2) is 55.0 Å². The Morgan fingerprint density at radius 2 is 1.77 bits per heavy atom. The molecule has 2 fully saturated rings. The van der Waals surface area contributed by atoms with E-state index < -0.39 is 15.6 Å². The summed E-state index contributed by atoms with van der Waals surface area (Å²) < 4.78 is 26.8. The minimum Gasteiger partial charge on any atom is -0.351 e. The van der Waals surface area contributed by atoms with Gasteiger partial charge in [-0.2, -0.15) is 4.31 Å². The SMILES string of the molecule is CCCS(=O)(=O)N1CC(=O)N(c2ccc(CC)cc2)[C@@](C)(C(=O)NC2CCCCC2)C1. The average Bonchev–Trinajstić information content (AvgIpc) is 2.74. The number of hydrogen-bond donors (Lipinski definition) is 1. The topological polar surface area (TPSA) is 86.8 Å². The summed E-state index contributed by atoms with van der Waals surface area (Å²) in [7, 11) is -3.61. The van der Waals surface area contributed by atoms with Crippen LogP contribution in [0.1, 0.15) is 64.9 Å². The molecule has 1 saturated carbocycles. The highest BCUT2D eigenvalue weighted by molar-refractivity contribution is 7.89. The van der Waals surface area contributed by atoms with Crippen LogP contribution in [-0.2, 0) is 26.0 Å². The number of sulfonamides is 1. The molecule has 0 radical (unpaired) electrons. The van der Waals surface area contributed by atoms with Crippen molar-refractivity contribution in [2.24, 2.45) is 0 Å². The molecular weight excluding hydrogens is 414 g/mol. The van der Waals surface area contributed by atoms with Gasteiger partial charge in [-0.15, -0.1) is 0 Å². The van der Waals surface area contributed by atoms with Crippen LogP contribution in [0.4, 0.5) is 5.69 Å². The van der Waals surface area contributed by atoms with E-state index in [-0.39, 0.29) is 36.7 Å². The number of piperazine rings is 1. The first-order valence-corrected chi connectivity index (χ1v) is 13.0. The molecule has 1 aliphatic carbocycles. The second-order valence-corrected chi connectivity index (χ2v) is 11.0. The summed E-state index contributed by atoms with van der Waals surface area (Å²) in [6.07, 6.45) is 6.47. The van der Waals surface area contributed by atoms with Gasteiger partial charge in [-0.1, -0.05) is 45.2 Å². The first-order valence-electron chi connectivity index (χ1n) is 11.4. The van der Waals surface area contributed by atoms with Crippen LogP contribution in [0.5, 0.6) is 0 Å². The van der Waals surface area contributed by atoms with E-state index in [0.717, 1.165) is 37.7 Å². The smallest absolute Gasteiger partial charge is 0.247 e. The van der Waals surface area contributed by atoms with Crippen LogP contribution >= 0.6 is 0 Å². The number of rotatable bonds is 7. The van der Waals surface area contributed by atoms with E-state index in [0.29, 0.717) is 12.1 Å². The Labute approximate surface area is 186 Å². The second kappa shape index (κ2) is 9.69. The van der Waals surface area contributed by atoms with Gasteiger partial charge in [0.15, 0.2) is 0 Å². The highest BCUT2D eigenvalue weighted by Gasteiger charge is 2.51. The maximum Gasteiger partial charge on any atom is 0.247 e. The van der Waals surface area contributed by atoms with Gasteiger partial charge in [-0.05, 0) is 50.3 Å². The zero-order valence-electron chi connectivity index (χ0n) is 18.9. The number of nitrogens with zero attached hydrogens (tertiary/aromatic N) is 2. The van der Waals surface area contributed by atoms with Crippen LogP contribution in [0.25, 0.3) is 0 Å². The molecule has 2 aliphatic rings. The molecule has 3 rings (SSSR count). The van der Waals surface area contributed by atoms with Crippen molar-refractivity contribution in [3.05, 3.63) is 29.8 Å². The molecule has 1 aromatic carbocycles. The van der Waals surface area contributed by atoms with Crippen molar-refractivity contribution < 1.29 is 18.0 Å². The van der Waals surface area contributed by atoms with Gasteiger partial charge in [0.1, 0.15) is 5.54 Å². The Hall–Kier alpha value is -1.93. The lowest BCUT2D eigenvalue weighted by molar-refractivity contribution is -0.133. The molecule has 31 heavy (non-hydrogen) atoms. The fourth-order valence-electron chi connectivity index (χ4n) is 4.62. The van der Waals surface area contributed by atoms with E-state index in [4.69, 9.17) is 0 Å². The quantitative estimate of drug-likeness (QED) is 0.693. The zero-order valence-corrected chi connectivity index (χ0v) is 19.7. The highest BCUT2D eigenvalue weighted by atomic mass is 32.2. The van der Waals surface area contributed by atoms with Crippen LogP contribution < -0.4 is 10.2 Å². The minimum absolute atomic E-state index is 0.0359. The van der Waals surface area contributed by atoms with E-state index in [2.05, 4.69) is 12.2 Å². The van der Waals surface area contributed by atoms with Gasteiger partial charge in [-0.3, -0.25) is 14.5 Å². The number of anilines is 1. The number of amides is 2. The van der Waals surface area contributed by atoms with Crippen molar-refractivity contribution in [1.82, 2.24) is 9.62 Å². The lowest BCUT2D eigenvalue weighted by atomic mass is 9.91. The molecule has 0 spiro atoms. The van der Waals surface area contributed by atoms with Crippen LogP contribution in [0.15, 0.2) is 24.3 Å². The van der Waals surface area contributed by atoms with Crippen molar-refractivity contribution in [3.8, 4) is 0 Å². The van der Waals surface area contributed by atoms with Crippen molar-refractivity contribution in [2.45, 2.75) is 77.3 Å². The molecule has 1 aliphatic heterocycles. The predicted molar refractivity (Wildman–Crippen MR) is 122 cm³/mol. The van der Waals surface area contributed by atoms with E-state index >= 15 is 0 Å². The third-order valence-electron chi connectivity index (χ3n) is 6.43.